The zero-order valence-corrected chi connectivity index (χ0v) is 21.2. The first-order valence-electron chi connectivity index (χ1n) is 13.0. The number of fused-ring (bicyclic) bond motifs is 1. The van der Waals surface area contributed by atoms with Crippen molar-refractivity contribution in [3.8, 4) is 22.8 Å². The lowest BCUT2D eigenvalue weighted by molar-refractivity contribution is -0.137. The first kappa shape index (κ1) is 23.7. The Morgan fingerprint density at radius 2 is 1.83 bits per heavy atom. The average Bonchev–Trinajstić information content (AvgIpc) is 3.30. The second kappa shape index (κ2) is 10.3. The number of likely N-dealkylation sites (tertiary alicyclic amines) is 1. The highest BCUT2D eigenvalue weighted by Gasteiger charge is 2.29. The maximum absolute atomic E-state index is 12.9. The van der Waals surface area contributed by atoms with Gasteiger partial charge in [0.1, 0.15) is 0 Å². The standard InChI is InChI=1S/C29H37N3O3/c1-4-23-24-16-20(19-11-14-32(15-12-19)29(33)22-6-5-13-30-18-22)7-9-25(24)31-28(23)21-8-10-26(34-2)27(17-21)35-3/h7-10,16-17,19,22,30-31H,4-6,11-15,18H2,1-3H3. The molecule has 5 rings (SSSR count). The molecule has 0 radical (unpaired) electrons. The molecule has 1 amide bonds. The lowest BCUT2D eigenvalue weighted by Gasteiger charge is -2.35. The number of aromatic amines is 1. The summed E-state index contributed by atoms with van der Waals surface area (Å²) in [7, 11) is 3.33. The van der Waals surface area contributed by atoms with Crippen molar-refractivity contribution in [1.82, 2.24) is 15.2 Å². The van der Waals surface area contributed by atoms with Crippen LogP contribution >= 0.6 is 0 Å². The summed E-state index contributed by atoms with van der Waals surface area (Å²) >= 11 is 0. The number of nitrogens with zero attached hydrogens (tertiary/aromatic N) is 1. The number of nitrogens with one attached hydrogen (secondary N) is 2. The molecular formula is C29H37N3O3. The van der Waals surface area contributed by atoms with Gasteiger partial charge in [-0.05, 0) is 86.0 Å². The summed E-state index contributed by atoms with van der Waals surface area (Å²) in [6.07, 6.45) is 5.14. The number of carbonyl (C=O) groups is 1. The van der Waals surface area contributed by atoms with Crippen LogP contribution in [0.15, 0.2) is 36.4 Å². The van der Waals surface area contributed by atoms with E-state index in [-0.39, 0.29) is 5.92 Å². The minimum Gasteiger partial charge on any atom is -0.493 e. The number of methoxy groups -OCH3 is 2. The number of piperidine rings is 2. The molecule has 1 atom stereocenters. The predicted octanol–water partition coefficient (Wildman–Crippen LogP) is 5.12. The Hall–Kier alpha value is -2.99. The molecule has 6 heteroatoms. The van der Waals surface area contributed by atoms with Crippen LogP contribution in [0.4, 0.5) is 0 Å². The lowest BCUT2D eigenvalue weighted by atomic mass is 9.87. The summed E-state index contributed by atoms with van der Waals surface area (Å²) in [5.41, 5.74) is 6.11. The van der Waals surface area contributed by atoms with Crippen LogP contribution in [0.3, 0.4) is 0 Å². The van der Waals surface area contributed by atoms with E-state index in [0.29, 0.717) is 11.8 Å². The number of carbonyl (C=O) groups excluding carboxylic acids is 1. The first-order chi connectivity index (χ1) is 17.1. The van der Waals surface area contributed by atoms with Crippen LogP contribution in [0.5, 0.6) is 11.5 Å². The first-order valence-corrected chi connectivity index (χ1v) is 13.0. The van der Waals surface area contributed by atoms with Crippen LogP contribution in [0.1, 0.15) is 49.7 Å². The summed E-state index contributed by atoms with van der Waals surface area (Å²) < 4.78 is 11.0. The van der Waals surface area contributed by atoms with Gasteiger partial charge in [0.15, 0.2) is 11.5 Å². The predicted molar refractivity (Wildman–Crippen MR) is 140 cm³/mol. The van der Waals surface area contributed by atoms with E-state index < -0.39 is 0 Å². The van der Waals surface area contributed by atoms with Gasteiger partial charge < -0.3 is 24.7 Å². The molecule has 2 fully saturated rings. The number of hydrogen-bond acceptors (Lipinski definition) is 4. The van der Waals surface area contributed by atoms with Crippen LogP contribution in [-0.2, 0) is 11.2 Å². The fraction of sp³-hybridized carbons (Fsp3) is 0.483. The summed E-state index contributed by atoms with van der Waals surface area (Å²) in [6, 6.07) is 13.0. The van der Waals surface area contributed by atoms with E-state index in [1.54, 1.807) is 14.2 Å². The Kier molecular flexibility index (Phi) is 7.00. The van der Waals surface area contributed by atoms with Gasteiger partial charge in [-0.3, -0.25) is 4.79 Å². The molecule has 2 N–H and O–H groups in total. The highest BCUT2D eigenvalue weighted by atomic mass is 16.5. The highest BCUT2D eigenvalue weighted by Crippen LogP contribution is 2.38. The molecule has 2 aromatic carbocycles. The van der Waals surface area contributed by atoms with E-state index in [1.807, 2.05) is 12.1 Å². The van der Waals surface area contributed by atoms with E-state index >= 15 is 0 Å². The number of ether oxygens (including phenoxy) is 2. The molecule has 3 heterocycles. The molecule has 2 aliphatic rings. The van der Waals surface area contributed by atoms with Gasteiger partial charge in [-0.2, -0.15) is 0 Å². The lowest BCUT2D eigenvalue weighted by Crippen LogP contribution is -2.45. The third-order valence-electron chi connectivity index (χ3n) is 7.88. The fourth-order valence-corrected chi connectivity index (χ4v) is 5.88. The van der Waals surface area contributed by atoms with Crippen molar-refractivity contribution in [3.05, 3.63) is 47.5 Å². The molecule has 0 aliphatic carbocycles. The SMILES string of the molecule is CCc1c(-c2ccc(OC)c(OC)c2)[nH]c2ccc(C3CCN(C(=O)C4CCCNC4)CC3)cc12. The van der Waals surface area contributed by atoms with Crippen molar-refractivity contribution < 1.29 is 14.3 Å². The summed E-state index contributed by atoms with van der Waals surface area (Å²) in [6.45, 7) is 5.82. The minimum atomic E-state index is 0.165. The molecule has 2 saturated heterocycles. The third-order valence-corrected chi connectivity index (χ3v) is 7.88. The van der Waals surface area contributed by atoms with Crippen LogP contribution in [0.2, 0.25) is 0 Å². The number of amides is 1. The Balaban J connectivity index is 1.36. The van der Waals surface area contributed by atoms with Crippen molar-refractivity contribution >= 4 is 16.8 Å². The van der Waals surface area contributed by atoms with E-state index in [1.165, 1.54) is 16.5 Å². The molecule has 186 valence electrons. The number of H-pyrrole nitrogens is 1. The van der Waals surface area contributed by atoms with E-state index in [4.69, 9.17) is 9.47 Å². The average molecular weight is 476 g/mol. The topological polar surface area (TPSA) is 66.6 Å². The number of rotatable bonds is 6. The number of hydrogen-bond donors (Lipinski definition) is 2. The second-order valence-corrected chi connectivity index (χ2v) is 9.85. The maximum atomic E-state index is 12.9. The van der Waals surface area contributed by atoms with Gasteiger partial charge >= 0.3 is 0 Å². The summed E-state index contributed by atoms with van der Waals surface area (Å²) in [4.78, 5) is 18.7. The normalized spacial score (nSPS) is 19.2. The molecule has 1 aromatic heterocycles. The zero-order chi connectivity index (χ0) is 24.4. The van der Waals surface area contributed by atoms with Crippen LogP contribution < -0.4 is 14.8 Å². The van der Waals surface area contributed by atoms with Gasteiger partial charge in [0.25, 0.3) is 0 Å². The van der Waals surface area contributed by atoms with Gasteiger partial charge in [0, 0.05) is 41.8 Å². The molecule has 6 nitrogen and oxygen atoms in total. The molecule has 0 saturated carbocycles. The fourth-order valence-electron chi connectivity index (χ4n) is 5.88. The van der Waals surface area contributed by atoms with Gasteiger partial charge in [-0.1, -0.05) is 13.0 Å². The molecule has 3 aromatic rings. The van der Waals surface area contributed by atoms with Crippen molar-refractivity contribution in [2.75, 3.05) is 40.4 Å². The van der Waals surface area contributed by atoms with Gasteiger partial charge in [-0.15, -0.1) is 0 Å². The maximum Gasteiger partial charge on any atom is 0.226 e. The van der Waals surface area contributed by atoms with Crippen LogP contribution in [0, 0.1) is 5.92 Å². The second-order valence-electron chi connectivity index (χ2n) is 9.85. The zero-order valence-electron chi connectivity index (χ0n) is 21.2. The number of benzene rings is 2. The largest absolute Gasteiger partial charge is 0.493 e. The Labute approximate surface area is 208 Å². The Morgan fingerprint density at radius 1 is 1.03 bits per heavy atom. The van der Waals surface area contributed by atoms with Crippen molar-refractivity contribution in [2.24, 2.45) is 5.92 Å². The van der Waals surface area contributed by atoms with Gasteiger partial charge in [-0.25, -0.2) is 0 Å². The molecule has 35 heavy (non-hydrogen) atoms. The summed E-state index contributed by atoms with van der Waals surface area (Å²) in [5.74, 6) is 2.48. The van der Waals surface area contributed by atoms with E-state index in [2.05, 4.69) is 46.4 Å². The van der Waals surface area contributed by atoms with Crippen molar-refractivity contribution in [1.29, 1.82) is 0 Å². The van der Waals surface area contributed by atoms with E-state index in [9.17, 15) is 4.79 Å². The molecular weight excluding hydrogens is 438 g/mol. The van der Waals surface area contributed by atoms with Crippen LogP contribution in [0.25, 0.3) is 22.2 Å². The molecule has 1 unspecified atom stereocenters. The van der Waals surface area contributed by atoms with Gasteiger partial charge in [0.05, 0.1) is 20.1 Å². The van der Waals surface area contributed by atoms with Gasteiger partial charge in [0.2, 0.25) is 5.91 Å². The molecule has 0 bridgehead atoms. The molecule has 2 aliphatic heterocycles. The highest BCUT2D eigenvalue weighted by molar-refractivity contribution is 5.91. The van der Waals surface area contributed by atoms with Crippen LogP contribution in [-0.4, -0.2) is 56.2 Å². The van der Waals surface area contributed by atoms with Crippen molar-refractivity contribution in [2.45, 2.75) is 44.9 Å². The Morgan fingerprint density at radius 3 is 2.51 bits per heavy atom. The number of aromatic nitrogens is 1. The van der Waals surface area contributed by atoms with Crippen molar-refractivity contribution in [3.63, 3.8) is 0 Å². The Bertz CT molecular complexity index is 1190. The number of aryl methyl sites for hydroxylation is 1. The molecule has 0 spiro atoms. The quantitative estimate of drug-likeness (QED) is 0.519. The third kappa shape index (κ3) is 4.64. The monoisotopic (exact) mass is 475 g/mol. The minimum absolute atomic E-state index is 0.165. The summed E-state index contributed by atoms with van der Waals surface area (Å²) in [5, 5.41) is 4.67. The van der Waals surface area contributed by atoms with E-state index in [0.717, 1.165) is 86.6 Å². The smallest absolute Gasteiger partial charge is 0.226 e.